The maximum Gasteiger partial charge on any atom is 0.230 e. The molecule has 0 heterocycles. The molecule has 7 heteroatoms. The van der Waals surface area contributed by atoms with Crippen LogP contribution >= 0.6 is 0 Å². The summed E-state index contributed by atoms with van der Waals surface area (Å²) in [5, 5.41) is 25.9. The maximum atomic E-state index is 13.3. The molecule has 0 saturated carbocycles. The first-order chi connectivity index (χ1) is 17.0. The zero-order valence-corrected chi connectivity index (χ0v) is 23.2. The molecule has 1 atom stereocenters. The van der Waals surface area contributed by atoms with Crippen LogP contribution in [0.3, 0.4) is 0 Å². The van der Waals surface area contributed by atoms with Crippen molar-refractivity contribution in [3.63, 3.8) is 0 Å². The SMILES string of the molecule is CCCCCCC(C#N)S(=O)(=O)N(CCCCCCCCCC#N)CCCCCCCCCC#N. The molecular formula is C28H50N4O2S. The van der Waals surface area contributed by atoms with E-state index in [-0.39, 0.29) is 0 Å². The Morgan fingerprint density at radius 2 is 1.00 bits per heavy atom. The minimum absolute atomic E-state index is 0.431. The Morgan fingerprint density at radius 3 is 1.40 bits per heavy atom. The van der Waals surface area contributed by atoms with Crippen LogP contribution in [0.25, 0.3) is 0 Å². The number of unbranched alkanes of at least 4 members (excludes halogenated alkanes) is 17. The van der Waals surface area contributed by atoms with E-state index >= 15 is 0 Å². The molecule has 0 bridgehead atoms. The van der Waals surface area contributed by atoms with E-state index in [9.17, 15) is 13.7 Å². The topological polar surface area (TPSA) is 109 Å². The van der Waals surface area contributed by atoms with Crippen molar-refractivity contribution in [2.24, 2.45) is 0 Å². The standard InChI is InChI=1S/C28H50N4O2S/c1-2-3-4-17-22-28(27-31)35(33,34)32(25-20-15-11-7-5-9-13-18-23-29)26-21-16-12-8-6-10-14-19-24-30/h28H,2-22,25-26H2,1H3. The van der Waals surface area contributed by atoms with E-state index in [0.717, 1.165) is 116 Å². The van der Waals surface area contributed by atoms with Gasteiger partial charge in [0.05, 0.1) is 18.2 Å². The summed E-state index contributed by atoms with van der Waals surface area (Å²) in [6.45, 7) is 3.15. The number of nitrogens with zero attached hydrogens (tertiary/aromatic N) is 4. The van der Waals surface area contributed by atoms with Crippen LogP contribution < -0.4 is 0 Å². The monoisotopic (exact) mass is 506 g/mol. The second-order valence-electron chi connectivity index (χ2n) is 9.68. The van der Waals surface area contributed by atoms with Gasteiger partial charge < -0.3 is 0 Å². The van der Waals surface area contributed by atoms with Crippen LogP contribution in [0, 0.1) is 34.0 Å². The van der Waals surface area contributed by atoms with Crippen LogP contribution in [0.1, 0.15) is 142 Å². The largest absolute Gasteiger partial charge is 0.230 e. The van der Waals surface area contributed by atoms with Gasteiger partial charge in [0.25, 0.3) is 0 Å². The molecule has 0 saturated heterocycles. The average Bonchev–Trinajstić information content (AvgIpc) is 2.85. The Morgan fingerprint density at radius 1 is 0.600 bits per heavy atom. The van der Waals surface area contributed by atoms with Crippen molar-refractivity contribution in [1.82, 2.24) is 4.31 Å². The third-order valence-corrected chi connectivity index (χ3v) is 8.72. The summed E-state index contributed by atoms with van der Waals surface area (Å²) in [4.78, 5) is 0. The highest BCUT2D eigenvalue weighted by atomic mass is 32.2. The zero-order valence-electron chi connectivity index (χ0n) is 22.4. The molecule has 200 valence electrons. The van der Waals surface area contributed by atoms with E-state index in [1.165, 1.54) is 0 Å². The predicted octanol–water partition coefficient (Wildman–Crippen LogP) is 7.77. The van der Waals surface area contributed by atoms with E-state index in [2.05, 4.69) is 25.1 Å². The van der Waals surface area contributed by atoms with Gasteiger partial charge in [-0.25, -0.2) is 12.7 Å². The van der Waals surface area contributed by atoms with Crippen molar-refractivity contribution < 1.29 is 8.42 Å². The molecule has 0 radical (unpaired) electrons. The van der Waals surface area contributed by atoms with Crippen molar-refractivity contribution in [1.29, 1.82) is 15.8 Å². The van der Waals surface area contributed by atoms with Gasteiger partial charge in [0.15, 0.2) is 5.25 Å². The fourth-order valence-corrected chi connectivity index (χ4v) is 6.06. The lowest BCUT2D eigenvalue weighted by molar-refractivity contribution is 0.379. The van der Waals surface area contributed by atoms with Crippen LogP contribution in [0.15, 0.2) is 0 Å². The highest BCUT2D eigenvalue weighted by Crippen LogP contribution is 2.19. The normalized spacial score (nSPS) is 12.2. The van der Waals surface area contributed by atoms with Crippen molar-refractivity contribution in [2.45, 2.75) is 147 Å². The molecule has 0 aromatic heterocycles. The smallest absolute Gasteiger partial charge is 0.211 e. The Bertz CT molecular complexity index is 687. The van der Waals surface area contributed by atoms with Crippen LogP contribution in [-0.2, 0) is 10.0 Å². The van der Waals surface area contributed by atoms with Gasteiger partial charge in [0.1, 0.15) is 0 Å². The molecule has 0 aliphatic heterocycles. The summed E-state index contributed by atoms with van der Waals surface area (Å²) in [6, 6.07) is 6.45. The lowest BCUT2D eigenvalue weighted by atomic mass is 10.1. The van der Waals surface area contributed by atoms with E-state index < -0.39 is 15.3 Å². The van der Waals surface area contributed by atoms with Gasteiger partial charge in [-0.2, -0.15) is 15.8 Å². The minimum atomic E-state index is -3.60. The number of hydrogen-bond acceptors (Lipinski definition) is 5. The lowest BCUT2D eigenvalue weighted by Crippen LogP contribution is -2.39. The Balaban J connectivity index is 4.59. The first-order valence-electron chi connectivity index (χ1n) is 14.2. The summed E-state index contributed by atoms with van der Waals surface area (Å²) < 4.78 is 28.2. The fraction of sp³-hybridized carbons (Fsp3) is 0.893. The van der Waals surface area contributed by atoms with Crippen LogP contribution in [0.4, 0.5) is 0 Å². The molecule has 0 spiro atoms. The molecule has 0 aromatic carbocycles. The molecule has 0 N–H and O–H groups in total. The Hall–Kier alpha value is -1.62. The van der Waals surface area contributed by atoms with Gasteiger partial charge in [-0.1, -0.05) is 96.8 Å². The quantitative estimate of drug-likeness (QED) is 0.117. The maximum absolute atomic E-state index is 13.3. The van der Waals surface area contributed by atoms with Gasteiger partial charge in [-0.05, 0) is 32.1 Å². The van der Waals surface area contributed by atoms with Crippen molar-refractivity contribution >= 4 is 10.0 Å². The molecule has 0 aliphatic carbocycles. The Labute approximate surface area is 216 Å². The number of nitriles is 3. The molecular weight excluding hydrogens is 456 g/mol. The highest BCUT2D eigenvalue weighted by Gasteiger charge is 2.31. The number of hydrogen-bond donors (Lipinski definition) is 0. The van der Waals surface area contributed by atoms with E-state index in [4.69, 9.17) is 10.5 Å². The third-order valence-electron chi connectivity index (χ3n) is 6.58. The van der Waals surface area contributed by atoms with E-state index in [1.807, 2.05) is 0 Å². The van der Waals surface area contributed by atoms with Crippen LogP contribution in [0.5, 0.6) is 0 Å². The van der Waals surface area contributed by atoms with Gasteiger partial charge in [-0.15, -0.1) is 0 Å². The molecule has 6 nitrogen and oxygen atoms in total. The van der Waals surface area contributed by atoms with Gasteiger partial charge in [0, 0.05) is 25.9 Å². The minimum Gasteiger partial charge on any atom is -0.211 e. The summed E-state index contributed by atoms with van der Waals surface area (Å²) in [7, 11) is -3.60. The summed E-state index contributed by atoms with van der Waals surface area (Å²) in [5.74, 6) is 0. The summed E-state index contributed by atoms with van der Waals surface area (Å²) >= 11 is 0. The highest BCUT2D eigenvalue weighted by molar-refractivity contribution is 7.90. The first kappa shape index (κ1) is 33.4. The number of rotatable bonds is 25. The molecule has 0 fully saturated rings. The van der Waals surface area contributed by atoms with Crippen LogP contribution in [-0.4, -0.2) is 31.1 Å². The molecule has 0 rings (SSSR count). The fourth-order valence-electron chi connectivity index (χ4n) is 4.34. The molecule has 1 unspecified atom stereocenters. The van der Waals surface area contributed by atoms with E-state index in [0.29, 0.717) is 32.4 Å². The van der Waals surface area contributed by atoms with Crippen molar-refractivity contribution in [3.8, 4) is 18.2 Å². The first-order valence-corrected chi connectivity index (χ1v) is 15.7. The Kier molecular flexibility index (Phi) is 23.0. The van der Waals surface area contributed by atoms with Gasteiger partial charge >= 0.3 is 0 Å². The lowest BCUT2D eigenvalue weighted by Gasteiger charge is -2.25. The molecule has 0 aliphatic rings. The predicted molar refractivity (Wildman–Crippen MR) is 144 cm³/mol. The number of sulfonamides is 1. The summed E-state index contributed by atoms with van der Waals surface area (Å²) in [5.41, 5.74) is 0. The van der Waals surface area contributed by atoms with Crippen LogP contribution in [0.2, 0.25) is 0 Å². The van der Waals surface area contributed by atoms with Gasteiger partial charge in [-0.3, -0.25) is 0 Å². The van der Waals surface area contributed by atoms with Crippen molar-refractivity contribution in [2.75, 3.05) is 13.1 Å². The zero-order chi connectivity index (χ0) is 26.0. The molecule has 0 amide bonds. The second kappa shape index (κ2) is 24.1. The summed E-state index contributed by atoms with van der Waals surface area (Å²) in [6.07, 6.45) is 20.1. The van der Waals surface area contributed by atoms with Gasteiger partial charge in [0.2, 0.25) is 10.0 Å². The average molecular weight is 507 g/mol. The molecule has 0 aromatic rings. The molecule has 35 heavy (non-hydrogen) atoms. The second-order valence-corrected chi connectivity index (χ2v) is 11.8. The van der Waals surface area contributed by atoms with E-state index in [1.54, 1.807) is 4.31 Å². The van der Waals surface area contributed by atoms with Crippen molar-refractivity contribution in [3.05, 3.63) is 0 Å². The third kappa shape index (κ3) is 18.3.